The number of rotatable bonds is 1. The van der Waals surface area contributed by atoms with Crippen LogP contribution in [-0.2, 0) is 14.4 Å². The van der Waals surface area contributed by atoms with Crippen LogP contribution < -0.4 is 0 Å². The fourth-order valence-corrected chi connectivity index (χ4v) is 12.7. The summed E-state index contributed by atoms with van der Waals surface area (Å²) in [6, 6.07) is 0. The molecule has 0 bridgehead atoms. The second kappa shape index (κ2) is 9.26. The minimum Gasteiger partial charge on any atom is -0.342 e. The van der Waals surface area contributed by atoms with Gasteiger partial charge in [0.2, 0.25) is 5.91 Å². The SMILES string of the molecule is C[C@H]1[C@H](C)CC[C@]2(C)CC[C@]3(C)C(=CC(=O)[C@@H]4[C@@]5(C)C=C(I)C(=O)[C@](C)(C(=O)N6CCCCC6)[C@@H]5CC[C@]43C)[C@H]12. The summed E-state index contributed by atoms with van der Waals surface area (Å²) in [6.07, 6.45) is 14.0. The van der Waals surface area contributed by atoms with Gasteiger partial charge in [0.25, 0.3) is 0 Å². The molecule has 5 aliphatic carbocycles. The molecule has 0 radical (unpaired) electrons. The number of fused-ring (bicyclic) bond motifs is 7. The van der Waals surface area contributed by atoms with Gasteiger partial charge in [-0.3, -0.25) is 14.4 Å². The van der Waals surface area contributed by atoms with Gasteiger partial charge in [-0.2, -0.15) is 0 Å². The van der Waals surface area contributed by atoms with Gasteiger partial charge in [0.05, 0.1) is 3.58 Å². The number of Topliss-reactive ketones (excluding diaryl/α,β-unsaturated/α-hetero) is 1. The summed E-state index contributed by atoms with van der Waals surface area (Å²) >= 11 is 2.17. The Morgan fingerprint density at radius 1 is 0.925 bits per heavy atom. The maximum absolute atomic E-state index is 14.6. The van der Waals surface area contributed by atoms with Gasteiger partial charge in [-0.15, -0.1) is 0 Å². The first-order chi connectivity index (χ1) is 18.6. The molecule has 6 aliphatic rings. The van der Waals surface area contributed by atoms with Crippen LogP contribution in [0.4, 0.5) is 0 Å². The second-order valence-electron chi connectivity index (χ2n) is 16.0. The maximum atomic E-state index is 14.6. The molecule has 1 aliphatic heterocycles. The third-order valence-corrected chi connectivity index (χ3v) is 15.0. The van der Waals surface area contributed by atoms with Gasteiger partial charge in [-0.25, -0.2) is 0 Å². The van der Waals surface area contributed by atoms with Crippen molar-refractivity contribution in [3.8, 4) is 0 Å². The molecular weight excluding hydrogens is 609 g/mol. The van der Waals surface area contributed by atoms with Gasteiger partial charge in [0.15, 0.2) is 11.6 Å². The standard InChI is InChI=1S/C35H50INO3/c1-21-11-13-31(3)15-16-33(5)23(27(31)22(21)2)19-25(38)28-32(4)20-24(36)29(39)35(7,26(32)12-14-34(28,33)6)30(40)37-17-9-8-10-18-37/h19-22,26-28H,8-18H2,1-7H3/t21-,22+,26-,27+,28-,31-,32+,33-,34-,35-/m1/s1. The van der Waals surface area contributed by atoms with Crippen molar-refractivity contribution in [1.82, 2.24) is 4.90 Å². The summed E-state index contributed by atoms with van der Waals surface area (Å²) in [7, 11) is 0. The van der Waals surface area contributed by atoms with Crippen molar-refractivity contribution in [2.24, 2.45) is 56.7 Å². The molecule has 0 aromatic rings. The maximum Gasteiger partial charge on any atom is 0.236 e. The van der Waals surface area contributed by atoms with Crippen LogP contribution >= 0.6 is 22.6 Å². The molecule has 0 aromatic carbocycles. The number of hydrogen-bond donors (Lipinski definition) is 0. The molecule has 220 valence electrons. The summed E-state index contributed by atoms with van der Waals surface area (Å²) < 4.78 is 0.645. The van der Waals surface area contributed by atoms with Crippen molar-refractivity contribution in [3.63, 3.8) is 0 Å². The highest BCUT2D eigenvalue weighted by molar-refractivity contribution is 14.1. The molecule has 6 rings (SSSR count). The Morgan fingerprint density at radius 2 is 1.60 bits per heavy atom. The summed E-state index contributed by atoms with van der Waals surface area (Å²) in [5.41, 5.74) is -0.196. The van der Waals surface area contributed by atoms with Gasteiger partial charge in [0.1, 0.15) is 5.41 Å². The quantitative estimate of drug-likeness (QED) is 0.212. The number of piperidine rings is 1. The molecule has 1 amide bonds. The fraction of sp³-hybridized carbons (Fsp3) is 0.800. The smallest absolute Gasteiger partial charge is 0.236 e. The average molecular weight is 660 g/mol. The number of ketones is 2. The van der Waals surface area contributed by atoms with Crippen LogP contribution in [0.15, 0.2) is 21.3 Å². The van der Waals surface area contributed by atoms with E-state index in [2.05, 4.69) is 76.3 Å². The number of amides is 1. The highest BCUT2D eigenvalue weighted by Crippen LogP contribution is 2.74. The second-order valence-corrected chi connectivity index (χ2v) is 17.2. The number of carbonyl (C=O) groups excluding carboxylic acids is 3. The Hall–Kier alpha value is -0.980. The third kappa shape index (κ3) is 3.57. The molecule has 10 atom stereocenters. The highest BCUT2D eigenvalue weighted by atomic mass is 127. The lowest BCUT2D eigenvalue weighted by atomic mass is 9.34. The van der Waals surface area contributed by atoms with E-state index in [9.17, 15) is 14.4 Å². The molecule has 5 heteroatoms. The fourth-order valence-electron chi connectivity index (χ4n) is 11.5. The molecule has 4 nitrogen and oxygen atoms in total. The van der Waals surface area contributed by atoms with Gasteiger partial charge in [-0.05, 0) is 133 Å². The molecule has 0 N–H and O–H groups in total. The van der Waals surface area contributed by atoms with E-state index >= 15 is 0 Å². The summed E-state index contributed by atoms with van der Waals surface area (Å²) in [5, 5.41) is 0. The zero-order valence-corrected chi connectivity index (χ0v) is 28.0. The lowest BCUT2D eigenvalue weighted by molar-refractivity contribution is -0.179. The van der Waals surface area contributed by atoms with Crippen molar-refractivity contribution in [2.75, 3.05) is 13.1 Å². The molecule has 1 saturated heterocycles. The zero-order valence-electron chi connectivity index (χ0n) is 25.9. The lowest BCUT2D eigenvalue weighted by Gasteiger charge is -2.69. The molecule has 0 unspecified atom stereocenters. The first-order valence-electron chi connectivity index (χ1n) is 16.1. The topological polar surface area (TPSA) is 54.5 Å². The number of hydrogen-bond acceptors (Lipinski definition) is 3. The van der Waals surface area contributed by atoms with E-state index in [0.29, 0.717) is 21.3 Å². The van der Waals surface area contributed by atoms with E-state index < -0.39 is 10.8 Å². The van der Waals surface area contributed by atoms with Crippen LogP contribution in [-0.4, -0.2) is 35.5 Å². The number of allylic oxidation sites excluding steroid dienone is 4. The molecule has 4 fully saturated rings. The monoisotopic (exact) mass is 659 g/mol. The van der Waals surface area contributed by atoms with Crippen molar-refractivity contribution < 1.29 is 14.4 Å². The first-order valence-corrected chi connectivity index (χ1v) is 17.2. The predicted molar refractivity (Wildman–Crippen MR) is 168 cm³/mol. The Bertz CT molecular complexity index is 1210. The highest BCUT2D eigenvalue weighted by Gasteiger charge is 2.71. The van der Waals surface area contributed by atoms with Crippen LogP contribution in [0.25, 0.3) is 0 Å². The van der Waals surface area contributed by atoms with Gasteiger partial charge < -0.3 is 4.90 Å². The predicted octanol–water partition coefficient (Wildman–Crippen LogP) is 7.94. The molecule has 0 aromatic heterocycles. The molecule has 40 heavy (non-hydrogen) atoms. The van der Waals surface area contributed by atoms with E-state index in [1.165, 1.54) is 24.8 Å². The number of nitrogens with zero attached hydrogens (tertiary/aromatic N) is 1. The van der Waals surface area contributed by atoms with E-state index in [0.717, 1.165) is 51.6 Å². The van der Waals surface area contributed by atoms with Crippen LogP contribution in [0.1, 0.15) is 106 Å². The average Bonchev–Trinajstić information content (AvgIpc) is 2.91. The molecule has 0 spiro atoms. The van der Waals surface area contributed by atoms with E-state index in [1.54, 1.807) is 0 Å². The van der Waals surface area contributed by atoms with Crippen molar-refractivity contribution in [1.29, 1.82) is 0 Å². The normalized spacial score (nSPS) is 50.6. The lowest BCUT2D eigenvalue weighted by Crippen LogP contribution is -2.67. The van der Waals surface area contributed by atoms with Gasteiger partial charge >= 0.3 is 0 Å². The first kappa shape index (κ1) is 29.1. The van der Waals surface area contributed by atoms with E-state index in [1.807, 2.05) is 11.8 Å². The minimum absolute atomic E-state index is 0.00319. The van der Waals surface area contributed by atoms with E-state index in [4.69, 9.17) is 0 Å². The van der Waals surface area contributed by atoms with Gasteiger partial charge in [-0.1, -0.05) is 53.2 Å². The van der Waals surface area contributed by atoms with Gasteiger partial charge in [0, 0.05) is 24.4 Å². The zero-order chi connectivity index (χ0) is 29.0. The van der Waals surface area contributed by atoms with E-state index in [-0.39, 0.29) is 45.6 Å². The summed E-state index contributed by atoms with van der Waals surface area (Å²) in [6.45, 7) is 17.9. The summed E-state index contributed by atoms with van der Waals surface area (Å²) in [5.74, 6) is 1.54. The number of halogens is 1. The molecule has 1 heterocycles. The summed E-state index contributed by atoms with van der Waals surface area (Å²) in [4.78, 5) is 44.9. The Morgan fingerprint density at radius 3 is 2.27 bits per heavy atom. The Balaban J connectivity index is 1.47. The Labute approximate surface area is 255 Å². The van der Waals surface area contributed by atoms with Crippen LogP contribution in [0, 0.1) is 56.7 Å². The largest absolute Gasteiger partial charge is 0.342 e. The van der Waals surface area contributed by atoms with Crippen molar-refractivity contribution >= 4 is 40.1 Å². The Kier molecular flexibility index (Phi) is 6.74. The number of likely N-dealkylation sites (tertiary alicyclic amines) is 1. The molecular formula is C35H50INO3. The van der Waals surface area contributed by atoms with Crippen LogP contribution in [0.2, 0.25) is 0 Å². The van der Waals surface area contributed by atoms with Crippen molar-refractivity contribution in [2.45, 2.75) is 106 Å². The molecule has 3 saturated carbocycles. The number of carbonyl (C=O) groups is 3. The van der Waals surface area contributed by atoms with Crippen molar-refractivity contribution in [3.05, 3.63) is 21.3 Å². The minimum atomic E-state index is -1.11. The van der Waals surface area contributed by atoms with Crippen LogP contribution in [0.5, 0.6) is 0 Å². The third-order valence-electron chi connectivity index (χ3n) is 14.2. The van der Waals surface area contributed by atoms with Crippen LogP contribution in [0.3, 0.4) is 0 Å².